The van der Waals surface area contributed by atoms with Crippen LogP contribution in [0.2, 0.25) is 0 Å². The van der Waals surface area contributed by atoms with Crippen LogP contribution in [0.3, 0.4) is 0 Å². The van der Waals surface area contributed by atoms with Crippen LogP contribution < -0.4 is 10.0 Å². The Bertz CT molecular complexity index is 443. The minimum Gasteiger partial charge on any atom is -0.387 e. The van der Waals surface area contributed by atoms with E-state index in [-0.39, 0.29) is 10.8 Å². The van der Waals surface area contributed by atoms with Crippen LogP contribution in [0, 0.1) is 5.92 Å². The number of nitrogens with zero attached hydrogens (tertiary/aromatic N) is 1. The highest BCUT2D eigenvalue weighted by atomic mass is 32.2. The van der Waals surface area contributed by atoms with Gasteiger partial charge in [0, 0.05) is 26.0 Å². The summed E-state index contributed by atoms with van der Waals surface area (Å²) < 4.78 is 26.4. The molecule has 0 bridgehead atoms. The average Bonchev–Trinajstić information content (AvgIpc) is 2.26. The second kappa shape index (κ2) is 5.27. The normalized spacial score (nSPS) is 11.8. The number of pyridine rings is 1. The molecule has 1 aromatic heterocycles. The fourth-order valence-electron chi connectivity index (χ4n) is 1.15. The summed E-state index contributed by atoms with van der Waals surface area (Å²) in [6.07, 6.45) is 2.89. The van der Waals surface area contributed by atoms with Crippen LogP contribution >= 0.6 is 0 Å². The van der Waals surface area contributed by atoms with E-state index in [0.717, 1.165) is 0 Å². The van der Waals surface area contributed by atoms with Crippen molar-refractivity contribution in [3.8, 4) is 0 Å². The summed E-state index contributed by atoms with van der Waals surface area (Å²) in [6.45, 7) is 4.32. The molecule has 5 nitrogen and oxygen atoms in total. The molecule has 2 N–H and O–H groups in total. The zero-order valence-electron chi connectivity index (χ0n) is 9.69. The molecule has 0 aliphatic carbocycles. The fourth-order valence-corrected chi connectivity index (χ4v) is 2.52. The second-order valence-corrected chi connectivity index (χ2v) is 5.60. The van der Waals surface area contributed by atoms with Crippen molar-refractivity contribution in [3.63, 3.8) is 0 Å². The van der Waals surface area contributed by atoms with Gasteiger partial charge in [0.05, 0.1) is 5.69 Å². The molecule has 0 amide bonds. The maximum absolute atomic E-state index is 11.9. The number of nitrogens with one attached hydrogen (secondary N) is 2. The largest absolute Gasteiger partial charge is 0.387 e. The Morgan fingerprint density at radius 2 is 2.12 bits per heavy atom. The lowest BCUT2D eigenvalue weighted by Gasteiger charge is -2.11. The summed E-state index contributed by atoms with van der Waals surface area (Å²) in [4.78, 5) is 4.01. The van der Waals surface area contributed by atoms with Crippen molar-refractivity contribution < 1.29 is 8.42 Å². The molecular weight excluding hydrogens is 226 g/mol. The van der Waals surface area contributed by atoms with Crippen LogP contribution in [0.1, 0.15) is 13.8 Å². The van der Waals surface area contributed by atoms with E-state index in [2.05, 4.69) is 15.0 Å². The van der Waals surface area contributed by atoms with Gasteiger partial charge in [-0.25, -0.2) is 13.1 Å². The first-order valence-corrected chi connectivity index (χ1v) is 6.57. The van der Waals surface area contributed by atoms with Gasteiger partial charge < -0.3 is 5.32 Å². The van der Waals surface area contributed by atoms with E-state index in [4.69, 9.17) is 0 Å². The van der Waals surface area contributed by atoms with E-state index in [1.54, 1.807) is 19.3 Å². The summed E-state index contributed by atoms with van der Waals surface area (Å²) in [5.74, 6) is 0.268. The monoisotopic (exact) mass is 243 g/mol. The molecule has 0 aromatic carbocycles. The summed E-state index contributed by atoms with van der Waals surface area (Å²) in [5.41, 5.74) is 0.547. The van der Waals surface area contributed by atoms with E-state index >= 15 is 0 Å². The van der Waals surface area contributed by atoms with Gasteiger partial charge in [0.15, 0.2) is 0 Å². The van der Waals surface area contributed by atoms with E-state index in [0.29, 0.717) is 12.2 Å². The number of sulfonamides is 1. The van der Waals surface area contributed by atoms with Gasteiger partial charge in [0.25, 0.3) is 0 Å². The summed E-state index contributed by atoms with van der Waals surface area (Å²) in [7, 11) is -1.80. The zero-order valence-corrected chi connectivity index (χ0v) is 10.5. The van der Waals surface area contributed by atoms with Crippen molar-refractivity contribution in [3.05, 3.63) is 18.5 Å². The lowest BCUT2D eigenvalue weighted by molar-refractivity contribution is 0.560. The van der Waals surface area contributed by atoms with Crippen LogP contribution in [-0.2, 0) is 10.0 Å². The van der Waals surface area contributed by atoms with Crippen molar-refractivity contribution in [1.82, 2.24) is 9.71 Å². The maximum atomic E-state index is 11.9. The molecule has 0 saturated carbocycles. The summed E-state index contributed by atoms with van der Waals surface area (Å²) in [5, 5.41) is 2.83. The van der Waals surface area contributed by atoms with Crippen molar-refractivity contribution in [2.24, 2.45) is 5.92 Å². The highest BCUT2D eigenvalue weighted by molar-refractivity contribution is 7.89. The van der Waals surface area contributed by atoms with Gasteiger partial charge in [0.2, 0.25) is 10.0 Å². The SMILES string of the molecule is CNc1ccncc1S(=O)(=O)NCC(C)C. The van der Waals surface area contributed by atoms with Gasteiger partial charge in [-0.1, -0.05) is 13.8 Å². The van der Waals surface area contributed by atoms with Gasteiger partial charge in [-0.3, -0.25) is 4.98 Å². The van der Waals surface area contributed by atoms with Gasteiger partial charge in [-0.05, 0) is 12.0 Å². The standard InChI is InChI=1S/C10H17N3O2S/c1-8(2)6-13-16(14,15)10-7-12-5-4-9(10)11-3/h4-5,7-8,13H,6H2,1-3H3,(H,11,12). The fraction of sp³-hybridized carbons (Fsp3) is 0.500. The molecule has 0 spiro atoms. The first kappa shape index (κ1) is 12.9. The molecule has 90 valence electrons. The Balaban J connectivity index is 2.98. The molecule has 0 aliphatic rings. The van der Waals surface area contributed by atoms with Crippen LogP contribution in [0.4, 0.5) is 5.69 Å². The molecule has 0 unspecified atom stereocenters. The van der Waals surface area contributed by atoms with Gasteiger partial charge in [-0.15, -0.1) is 0 Å². The van der Waals surface area contributed by atoms with Gasteiger partial charge >= 0.3 is 0 Å². The number of hydrogen-bond acceptors (Lipinski definition) is 4. The molecule has 0 fully saturated rings. The Hall–Kier alpha value is -1.14. The topological polar surface area (TPSA) is 71.1 Å². The smallest absolute Gasteiger partial charge is 0.244 e. The minimum absolute atomic E-state index is 0.179. The highest BCUT2D eigenvalue weighted by Gasteiger charge is 2.17. The second-order valence-electron chi connectivity index (χ2n) is 3.87. The molecule has 1 rings (SSSR count). The van der Waals surface area contributed by atoms with E-state index in [1.165, 1.54) is 6.20 Å². The van der Waals surface area contributed by atoms with Gasteiger partial charge in [-0.2, -0.15) is 0 Å². The first-order valence-electron chi connectivity index (χ1n) is 5.09. The number of anilines is 1. The van der Waals surface area contributed by atoms with Crippen LogP contribution in [0.25, 0.3) is 0 Å². The van der Waals surface area contributed by atoms with E-state index in [9.17, 15) is 8.42 Å². The van der Waals surface area contributed by atoms with Crippen LogP contribution in [-0.4, -0.2) is 27.0 Å². The van der Waals surface area contributed by atoms with Crippen molar-refractivity contribution in [1.29, 1.82) is 0 Å². The molecule has 0 radical (unpaired) electrons. The molecular formula is C10H17N3O2S. The molecule has 1 heterocycles. The average molecular weight is 243 g/mol. The molecule has 0 aliphatic heterocycles. The van der Waals surface area contributed by atoms with Crippen LogP contribution in [0.15, 0.2) is 23.4 Å². The molecule has 6 heteroatoms. The predicted molar refractivity (Wildman–Crippen MR) is 63.8 cm³/mol. The molecule has 1 aromatic rings. The third kappa shape index (κ3) is 3.18. The van der Waals surface area contributed by atoms with E-state index in [1.807, 2.05) is 13.8 Å². The third-order valence-electron chi connectivity index (χ3n) is 2.02. The van der Waals surface area contributed by atoms with Gasteiger partial charge in [0.1, 0.15) is 4.90 Å². The third-order valence-corrected chi connectivity index (χ3v) is 3.48. The number of hydrogen-bond donors (Lipinski definition) is 2. The quantitative estimate of drug-likeness (QED) is 0.811. The van der Waals surface area contributed by atoms with Crippen LogP contribution in [0.5, 0.6) is 0 Å². The Morgan fingerprint density at radius 3 is 2.69 bits per heavy atom. The minimum atomic E-state index is -3.47. The van der Waals surface area contributed by atoms with Crippen molar-refractivity contribution >= 4 is 15.7 Å². The Kier molecular flexibility index (Phi) is 4.26. The predicted octanol–water partition coefficient (Wildman–Crippen LogP) is 1.06. The van der Waals surface area contributed by atoms with E-state index < -0.39 is 10.0 Å². The highest BCUT2D eigenvalue weighted by Crippen LogP contribution is 2.18. The lowest BCUT2D eigenvalue weighted by Crippen LogP contribution is -2.28. The lowest BCUT2D eigenvalue weighted by atomic mass is 10.2. The molecule has 0 saturated heterocycles. The van der Waals surface area contributed by atoms with Crippen molar-refractivity contribution in [2.75, 3.05) is 18.9 Å². The Morgan fingerprint density at radius 1 is 1.44 bits per heavy atom. The number of aromatic nitrogens is 1. The summed E-state index contributed by atoms with van der Waals surface area (Å²) >= 11 is 0. The summed E-state index contributed by atoms with van der Waals surface area (Å²) in [6, 6.07) is 1.63. The Labute approximate surface area is 96.3 Å². The maximum Gasteiger partial charge on any atom is 0.244 e. The van der Waals surface area contributed by atoms with Crippen molar-refractivity contribution in [2.45, 2.75) is 18.7 Å². The number of rotatable bonds is 5. The zero-order chi connectivity index (χ0) is 12.2. The molecule has 16 heavy (non-hydrogen) atoms. The first-order chi connectivity index (χ1) is 7.47. The molecule has 0 atom stereocenters.